The number of benzene rings is 2. The minimum atomic E-state index is -3.93. The quantitative estimate of drug-likeness (QED) is 0.595. The van der Waals surface area contributed by atoms with E-state index in [0.29, 0.717) is 22.6 Å². The Labute approximate surface area is 145 Å². The summed E-state index contributed by atoms with van der Waals surface area (Å²) < 4.78 is 37.6. The zero-order valence-electron chi connectivity index (χ0n) is 14.0. The summed E-state index contributed by atoms with van der Waals surface area (Å²) in [5.41, 5.74) is 0.715. The van der Waals surface area contributed by atoms with E-state index in [0.717, 1.165) is 6.07 Å². The fraction of sp³-hybridized carbons (Fsp3) is 0.250. The van der Waals surface area contributed by atoms with Gasteiger partial charge in [-0.25, -0.2) is 13.1 Å². The minimum Gasteiger partial charge on any atom is -0.497 e. The van der Waals surface area contributed by atoms with Crippen molar-refractivity contribution in [2.45, 2.75) is 18.4 Å². The van der Waals surface area contributed by atoms with Crippen molar-refractivity contribution in [3.63, 3.8) is 0 Å². The standard InChI is InChI=1S/C16H18N2O6S/c1-11-4-6-14(9-15(11)18(19)20)25(21,22)17-10-12-8-13(23-2)5-7-16(12)24-3/h4-9,17H,10H2,1-3H3. The van der Waals surface area contributed by atoms with Gasteiger partial charge in [-0.15, -0.1) is 0 Å². The van der Waals surface area contributed by atoms with Crippen LogP contribution in [0.2, 0.25) is 0 Å². The molecule has 2 rings (SSSR count). The largest absolute Gasteiger partial charge is 0.497 e. The maximum atomic E-state index is 12.4. The number of rotatable bonds is 7. The Kier molecular flexibility index (Phi) is 5.60. The summed E-state index contributed by atoms with van der Waals surface area (Å²) in [5, 5.41) is 11.0. The molecule has 2 aromatic carbocycles. The molecule has 0 radical (unpaired) electrons. The molecule has 8 nitrogen and oxygen atoms in total. The Morgan fingerprint density at radius 3 is 2.44 bits per heavy atom. The van der Waals surface area contributed by atoms with Crippen molar-refractivity contribution < 1.29 is 22.8 Å². The Morgan fingerprint density at radius 1 is 1.12 bits per heavy atom. The fourth-order valence-electron chi connectivity index (χ4n) is 2.23. The molecule has 0 fully saturated rings. The molecule has 0 unspecified atom stereocenters. The number of nitro benzene ring substituents is 1. The van der Waals surface area contributed by atoms with Crippen molar-refractivity contribution in [1.82, 2.24) is 4.72 Å². The first-order valence-corrected chi connectivity index (χ1v) is 8.72. The van der Waals surface area contributed by atoms with Gasteiger partial charge in [0.05, 0.1) is 24.0 Å². The third-order valence-electron chi connectivity index (χ3n) is 3.63. The van der Waals surface area contributed by atoms with Crippen LogP contribution in [0.25, 0.3) is 0 Å². The maximum absolute atomic E-state index is 12.4. The SMILES string of the molecule is COc1ccc(OC)c(CNS(=O)(=O)c2ccc(C)c([N+](=O)[O-])c2)c1. The van der Waals surface area contributed by atoms with E-state index in [2.05, 4.69) is 4.72 Å². The summed E-state index contributed by atoms with van der Waals surface area (Å²) in [4.78, 5) is 10.2. The number of methoxy groups -OCH3 is 2. The van der Waals surface area contributed by atoms with Crippen molar-refractivity contribution in [2.75, 3.05) is 14.2 Å². The molecule has 0 spiro atoms. The fourth-order valence-corrected chi connectivity index (χ4v) is 3.26. The number of sulfonamides is 1. The Bertz CT molecular complexity index is 895. The van der Waals surface area contributed by atoms with E-state index in [-0.39, 0.29) is 17.1 Å². The van der Waals surface area contributed by atoms with Crippen molar-refractivity contribution >= 4 is 15.7 Å². The lowest BCUT2D eigenvalue weighted by Gasteiger charge is -2.12. The molecule has 0 bridgehead atoms. The number of hydrogen-bond acceptors (Lipinski definition) is 6. The first-order chi connectivity index (χ1) is 11.8. The number of aryl methyl sites for hydroxylation is 1. The number of ether oxygens (including phenoxy) is 2. The van der Waals surface area contributed by atoms with Gasteiger partial charge in [-0.1, -0.05) is 6.07 Å². The second kappa shape index (κ2) is 7.49. The van der Waals surface area contributed by atoms with Gasteiger partial charge in [-0.2, -0.15) is 0 Å². The van der Waals surface area contributed by atoms with Crippen LogP contribution in [0.15, 0.2) is 41.3 Å². The molecule has 0 saturated heterocycles. The highest BCUT2D eigenvalue weighted by Crippen LogP contribution is 2.25. The number of nitro groups is 1. The maximum Gasteiger partial charge on any atom is 0.273 e. The smallest absolute Gasteiger partial charge is 0.273 e. The van der Waals surface area contributed by atoms with Crippen LogP contribution in [0.4, 0.5) is 5.69 Å². The predicted octanol–water partition coefficient (Wildman–Crippen LogP) is 2.40. The van der Waals surface area contributed by atoms with Crippen LogP contribution in [0, 0.1) is 17.0 Å². The molecule has 0 saturated carbocycles. The number of nitrogens with one attached hydrogen (secondary N) is 1. The monoisotopic (exact) mass is 366 g/mol. The van der Waals surface area contributed by atoms with Gasteiger partial charge in [0.15, 0.2) is 0 Å². The molecular formula is C16H18N2O6S. The Morgan fingerprint density at radius 2 is 1.84 bits per heavy atom. The average Bonchev–Trinajstić information content (AvgIpc) is 2.59. The minimum absolute atomic E-state index is 0.0512. The molecule has 0 aliphatic heterocycles. The topological polar surface area (TPSA) is 108 Å². The van der Waals surface area contributed by atoms with Gasteiger partial charge >= 0.3 is 0 Å². The normalized spacial score (nSPS) is 11.2. The van der Waals surface area contributed by atoms with Crippen molar-refractivity contribution in [3.05, 3.63) is 57.6 Å². The second-order valence-corrected chi connectivity index (χ2v) is 6.97. The van der Waals surface area contributed by atoms with E-state index < -0.39 is 14.9 Å². The highest BCUT2D eigenvalue weighted by Gasteiger charge is 2.20. The number of hydrogen-bond donors (Lipinski definition) is 1. The number of nitrogens with zero attached hydrogens (tertiary/aromatic N) is 1. The summed E-state index contributed by atoms with van der Waals surface area (Å²) in [6.45, 7) is 1.49. The van der Waals surface area contributed by atoms with Crippen molar-refractivity contribution in [1.29, 1.82) is 0 Å². The summed E-state index contributed by atoms with van der Waals surface area (Å²) >= 11 is 0. The summed E-state index contributed by atoms with van der Waals surface area (Å²) in [6, 6.07) is 8.78. The van der Waals surface area contributed by atoms with Gasteiger partial charge < -0.3 is 9.47 Å². The first-order valence-electron chi connectivity index (χ1n) is 7.24. The molecule has 0 atom stereocenters. The van der Waals surface area contributed by atoms with E-state index in [1.54, 1.807) is 25.1 Å². The van der Waals surface area contributed by atoms with Crippen LogP contribution < -0.4 is 14.2 Å². The van der Waals surface area contributed by atoms with Gasteiger partial charge in [0.1, 0.15) is 11.5 Å². The lowest BCUT2D eigenvalue weighted by Crippen LogP contribution is -2.23. The summed E-state index contributed by atoms with van der Waals surface area (Å²) in [7, 11) is -0.950. The zero-order chi connectivity index (χ0) is 18.6. The molecule has 1 N–H and O–H groups in total. The molecule has 0 amide bonds. The lowest BCUT2D eigenvalue weighted by atomic mass is 10.2. The van der Waals surface area contributed by atoms with E-state index in [1.165, 1.54) is 26.4 Å². The van der Waals surface area contributed by atoms with Crippen molar-refractivity contribution in [3.8, 4) is 11.5 Å². The van der Waals surface area contributed by atoms with Crippen LogP contribution in [0.5, 0.6) is 11.5 Å². The molecule has 0 aliphatic carbocycles. The van der Waals surface area contributed by atoms with E-state index in [4.69, 9.17) is 9.47 Å². The third-order valence-corrected chi connectivity index (χ3v) is 5.03. The third kappa shape index (κ3) is 4.25. The average molecular weight is 366 g/mol. The predicted molar refractivity (Wildman–Crippen MR) is 91.4 cm³/mol. The van der Waals surface area contributed by atoms with E-state index >= 15 is 0 Å². The van der Waals surface area contributed by atoms with Crippen molar-refractivity contribution in [2.24, 2.45) is 0 Å². The molecule has 0 heterocycles. The van der Waals surface area contributed by atoms with Crippen LogP contribution in [-0.4, -0.2) is 27.6 Å². The van der Waals surface area contributed by atoms with E-state index in [9.17, 15) is 18.5 Å². The molecule has 2 aromatic rings. The molecule has 0 aromatic heterocycles. The van der Waals surface area contributed by atoms with E-state index in [1.807, 2.05) is 0 Å². The Balaban J connectivity index is 2.28. The van der Waals surface area contributed by atoms with Crippen LogP contribution in [0.1, 0.15) is 11.1 Å². The van der Waals surface area contributed by atoms with Gasteiger partial charge in [-0.05, 0) is 31.2 Å². The molecule has 0 aliphatic rings. The second-order valence-electron chi connectivity index (χ2n) is 5.21. The van der Waals surface area contributed by atoms with Gasteiger partial charge in [-0.3, -0.25) is 10.1 Å². The summed E-state index contributed by atoms with van der Waals surface area (Å²) in [6.07, 6.45) is 0. The molecule has 134 valence electrons. The lowest BCUT2D eigenvalue weighted by molar-refractivity contribution is -0.385. The van der Waals surface area contributed by atoms with Crippen LogP contribution >= 0.6 is 0 Å². The molecule has 9 heteroatoms. The zero-order valence-corrected chi connectivity index (χ0v) is 14.8. The molecular weight excluding hydrogens is 348 g/mol. The summed E-state index contributed by atoms with van der Waals surface area (Å²) in [5.74, 6) is 1.05. The highest BCUT2D eigenvalue weighted by atomic mass is 32.2. The first kappa shape index (κ1) is 18.7. The van der Waals surface area contributed by atoms with Gasteiger partial charge in [0.2, 0.25) is 10.0 Å². The van der Waals surface area contributed by atoms with Gasteiger partial charge in [0.25, 0.3) is 5.69 Å². The Hall–Kier alpha value is -2.65. The van der Waals surface area contributed by atoms with Crippen LogP contribution in [-0.2, 0) is 16.6 Å². The highest BCUT2D eigenvalue weighted by molar-refractivity contribution is 7.89. The molecule has 25 heavy (non-hydrogen) atoms. The van der Waals surface area contributed by atoms with Crippen LogP contribution in [0.3, 0.4) is 0 Å². The van der Waals surface area contributed by atoms with Gasteiger partial charge in [0, 0.05) is 23.7 Å².